The Morgan fingerprint density at radius 3 is 2.64 bits per heavy atom. The van der Waals surface area contributed by atoms with E-state index in [0.717, 1.165) is 28.4 Å². The van der Waals surface area contributed by atoms with Gasteiger partial charge in [0.1, 0.15) is 12.1 Å². The highest BCUT2D eigenvalue weighted by molar-refractivity contribution is 5.79. The maximum Gasteiger partial charge on any atom is 0.170 e. The van der Waals surface area contributed by atoms with Gasteiger partial charge < -0.3 is 10.5 Å². The highest BCUT2D eigenvalue weighted by Gasteiger charge is 2.17. The van der Waals surface area contributed by atoms with Crippen molar-refractivity contribution in [2.75, 3.05) is 7.11 Å². The quantitative estimate of drug-likeness (QED) is 0.543. The van der Waals surface area contributed by atoms with E-state index in [-0.39, 0.29) is 17.4 Å². The first-order valence-corrected chi connectivity index (χ1v) is 8.85. The van der Waals surface area contributed by atoms with Crippen LogP contribution >= 0.6 is 0 Å². The Bertz CT molecular complexity index is 1170. The van der Waals surface area contributed by atoms with Crippen LogP contribution in [-0.4, -0.2) is 16.7 Å². The summed E-state index contributed by atoms with van der Waals surface area (Å²) >= 11 is 0. The molecule has 1 aromatic heterocycles. The molecular weight excluding hydrogens is 360 g/mol. The molecule has 0 aliphatic heterocycles. The molecule has 142 valence electrons. The number of nitrogens with zero attached hydrogens (tertiary/aromatic N) is 2. The zero-order valence-corrected chi connectivity index (χ0v) is 15.5. The molecule has 0 unspecified atom stereocenters. The van der Waals surface area contributed by atoms with Crippen molar-refractivity contribution in [2.24, 2.45) is 5.73 Å². The summed E-state index contributed by atoms with van der Waals surface area (Å²) in [6, 6.07) is 15.4. The topological polar surface area (TPSA) is 53.1 Å². The van der Waals surface area contributed by atoms with Crippen molar-refractivity contribution < 1.29 is 13.5 Å². The lowest BCUT2D eigenvalue weighted by atomic mass is 10.0. The molecule has 0 radical (unpaired) electrons. The lowest BCUT2D eigenvalue weighted by molar-refractivity contribution is 0.409. The van der Waals surface area contributed by atoms with Gasteiger partial charge in [0.2, 0.25) is 0 Å². The fourth-order valence-electron chi connectivity index (χ4n) is 3.30. The first-order chi connectivity index (χ1) is 13.5. The highest BCUT2D eigenvalue weighted by atomic mass is 19.2. The molecule has 0 aliphatic carbocycles. The van der Waals surface area contributed by atoms with E-state index in [1.165, 1.54) is 13.2 Å². The number of rotatable bonds is 4. The summed E-state index contributed by atoms with van der Waals surface area (Å²) in [5.74, 6) is -1.58. The average Bonchev–Trinajstić information content (AvgIpc) is 3.13. The van der Waals surface area contributed by atoms with E-state index in [4.69, 9.17) is 10.5 Å². The lowest BCUT2D eigenvalue weighted by Gasteiger charge is -2.12. The van der Waals surface area contributed by atoms with E-state index >= 15 is 0 Å². The number of halogens is 2. The number of benzene rings is 3. The Morgan fingerprint density at radius 2 is 1.89 bits per heavy atom. The third-order valence-electron chi connectivity index (χ3n) is 4.79. The predicted molar refractivity (Wildman–Crippen MR) is 106 cm³/mol. The molecule has 0 spiro atoms. The van der Waals surface area contributed by atoms with Crippen LogP contribution < -0.4 is 10.5 Å². The molecule has 0 saturated carbocycles. The highest BCUT2D eigenvalue weighted by Crippen LogP contribution is 2.35. The number of ether oxygens (including phenoxy) is 1. The van der Waals surface area contributed by atoms with Gasteiger partial charge in [-0.3, -0.25) is 4.57 Å². The van der Waals surface area contributed by atoms with Crippen molar-refractivity contribution in [1.82, 2.24) is 9.55 Å². The Kier molecular flexibility index (Phi) is 4.57. The van der Waals surface area contributed by atoms with Crippen LogP contribution in [0, 0.1) is 11.6 Å². The standard InChI is InChI=1S/C22H19F2N3O/c1-13(25)14-6-8-19-18(11-14)26-12-27(19)16-5-3-4-15(10-16)21-20(28-2)9-7-17(23)22(21)24/h3-13H,25H2,1-2H3/t13-/m1/s1. The van der Waals surface area contributed by atoms with E-state index in [0.29, 0.717) is 5.56 Å². The van der Waals surface area contributed by atoms with Crippen LogP contribution in [0.3, 0.4) is 0 Å². The van der Waals surface area contributed by atoms with E-state index in [2.05, 4.69) is 4.98 Å². The van der Waals surface area contributed by atoms with Crippen LogP contribution in [0.5, 0.6) is 5.75 Å². The number of nitrogens with two attached hydrogens (primary N) is 1. The largest absolute Gasteiger partial charge is 0.496 e. The third-order valence-corrected chi connectivity index (χ3v) is 4.79. The normalized spacial score (nSPS) is 12.3. The van der Waals surface area contributed by atoms with Crippen LogP contribution in [0.1, 0.15) is 18.5 Å². The number of fused-ring (bicyclic) bond motifs is 1. The maximum absolute atomic E-state index is 14.5. The molecule has 0 bridgehead atoms. The van der Waals surface area contributed by atoms with Gasteiger partial charge in [-0.15, -0.1) is 0 Å². The summed E-state index contributed by atoms with van der Waals surface area (Å²) in [7, 11) is 1.43. The molecular formula is C22H19F2N3O. The third kappa shape index (κ3) is 3.01. The Hall–Kier alpha value is -3.25. The molecule has 0 fully saturated rings. The zero-order chi connectivity index (χ0) is 19.8. The number of methoxy groups -OCH3 is 1. The second-order valence-corrected chi connectivity index (χ2v) is 6.64. The van der Waals surface area contributed by atoms with Crippen LogP contribution in [-0.2, 0) is 0 Å². The minimum absolute atomic E-state index is 0.0821. The predicted octanol–water partition coefficient (Wildman–Crippen LogP) is 5.00. The smallest absolute Gasteiger partial charge is 0.170 e. The van der Waals surface area contributed by atoms with Gasteiger partial charge in [-0.25, -0.2) is 13.8 Å². The maximum atomic E-state index is 14.5. The fraction of sp³-hybridized carbons (Fsp3) is 0.136. The van der Waals surface area contributed by atoms with Crippen molar-refractivity contribution in [2.45, 2.75) is 13.0 Å². The summed E-state index contributed by atoms with van der Waals surface area (Å²) in [5, 5.41) is 0. The van der Waals surface area contributed by atoms with Gasteiger partial charge in [-0.1, -0.05) is 18.2 Å². The van der Waals surface area contributed by atoms with Gasteiger partial charge >= 0.3 is 0 Å². The van der Waals surface area contributed by atoms with Crippen LogP contribution in [0.15, 0.2) is 60.9 Å². The molecule has 4 rings (SSSR count). The monoisotopic (exact) mass is 379 g/mol. The van der Waals surface area contributed by atoms with Crippen molar-refractivity contribution in [3.63, 3.8) is 0 Å². The van der Waals surface area contributed by atoms with Crippen LogP contribution in [0.2, 0.25) is 0 Å². The summed E-state index contributed by atoms with van der Waals surface area (Å²) in [5.41, 5.74) is 10.0. The van der Waals surface area contributed by atoms with Gasteiger partial charge in [0.15, 0.2) is 11.6 Å². The second-order valence-electron chi connectivity index (χ2n) is 6.64. The summed E-state index contributed by atoms with van der Waals surface area (Å²) in [6.45, 7) is 1.92. The Morgan fingerprint density at radius 1 is 1.07 bits per heavy atom. The minimum Gasteiger partial charge on any atom is -0.496 e. The van der Waals surface area contributed by atoms with Crippen LogP contribution in [0.25, 0.3) is 27.8 Å². The van der Waals surface area contributed by atoms with Gasteiger partial charge in [0.05, 0.1) is 23.7 Å². The van der Waals surface area contributed by atoms with Crippen molar-refractivity contribution in [3.05, 3.63) is 78.1 Å². The summed E-state index contributed by atoms with van der Waals surface area (Å²) in [6.07, 6.45) is 1.70. The summed E-state index contributed by atoms with van der Waals surface area (Å²) < 4.78 is 35.4. The van der Waals surface area contributed by atoms with E-state index in [1.54, 1.807) is 24.5 Å². The fourth-order valence-corrected chi connectivity index (χ4v) is 3.30. The van der Waals surface area contributed by atoms with Crippen LogP contribution in [0.4, 0.5) is 8.78 Å². The van der Waals surface area contributed by atoms with Crippen molar-refractivity contribution in [1.29, 1.82) is 0 Å². The molecule has 4 aromatic rings. The first kappa shape index (κ1) is 18.1. The first-order valence-electron chi connectivity index (χ1n) is 8.85. The van der Waals surface area contributed by atoms with Gasteiger partial charge in [0, 0.05) is 11.7 Å². The molecule has 0 saturated heterocycles. The molecule has 28 heavy (non-hydrogen) atoms. The molecule has 0 aliphatic rings. The van der Waals surface area contributed by atoms with E-state index < -0.39 is 11.6 Å². The average molecular weight is 379 g/mol. The number of hydrogen-bond donors (Lipinski definition) is 1. The number of imidazole rings is 1. The van der Waals surface area contributed by atoms with E-state index in [9.17, 15) is 8.78 Å². The van der Waals surface area contributed by atoms with Crippen molar-refractivity contribution >= 4 is 11.0 Å². The zero-order valence-electron chi connectivity index (χ0n) is 15.5. The Balaban J connectivity index is 1.85. The number of hydrogen-bond acceptors (Lipinski definition) is 3. The molecule has 0 amide bonds. The van der Waals surface area contributed by atoms with Gasteiger partial charge in [-0.2, -0.15) is 0 Å². The molecule has 4 nitrogen and oxygen atoms in total. The van der Waals surface area contributed by atoms with Gasteiger partial charge in [-0.05, 0) is 54.4 Å². The number of aromatic nitrogens is 2. The second kappa shape index (κ2) is 7.05. The van der Waals surface area contributed by atoms with Crippen molar-refractivity contribution in [3.8, 4) is 22.6 Å². The molecule has 3 aromatic carbocycles. The molecule has 1 heterocycles. The molecule has 1 atom stereocenters. The molecule has 2 N–H and O–H groups in total. The Labute approximate surface area is 161 Å². The van der Waals surface area contributed by atoms with E-state index in [1.807, 2.05) is 35.8 Å². The summed E-state index contributed by atoms with van der Waals surface area (Å²) in [4.78, 5) is 4.45. The molecule has 6 heteroatoms. The minimum atomic E-state index is -0.937. The van der Waals surface area contributed by atoms with Gasteiger partial charge in [0.25, 0.3) is 0 Å². The SMILES string of the molecule is COc1ccc(F)c(F)c1-c1cccc(-n2cnc3cc([C@@H](C)N)ccc32)c1. The lowest BCUT2D eigenvalue weighted by Crippen LogP contribution is -2.04.